The van der Waals surface area contributed by atoms with E-state index >= 15 is 0 Å². The number of aromatic nitrogens is 2. The maximum atomic E-state index is 10.4. The SMILES string of the molecule is CC1=CC(OCc2cccnc2)=C(Cl)CN1c1cc(N2C=CC=C(C(C)(C)O)C2)ncc1C. The van der Waals surface area contributed by atoms with Gasteiger partial charge in [0.05, 0.1) is 17.2 Å². The summed E-state index contributed by atoms with van der Waals surface area (Å²) in [7, 11) is 0. The van der Waals surface area contributed by atoms with Gasteiger partial charge in [-0.15, -0.1) is 0 Å². The maximum Gasteiger partial charge on any atom is 0.137 e. The van der Waals surface area contributed by atoms with E-state index in [1.165, 1.54) is 0 Å². The summed E-state index contributed by atoms with van der Waals surface area (Å²) in [4.78, 5) is 13.0. The molecule has 7 heteroatoms. The topological polar surface area (TPSA) is 61.7 Å². The number of aryl methyl sites for hydroxylation is 1. The van der Waals surface area contributed by atoms with Gasteiger partial charge in [0.2, 0.25) is 0 Å². The minimum Gasteiger partial charge on any atom is -0.487 e. The molecule has 0 aliphatic carbocycles. The summed E-state index contributed by atoms with van der Waals surface area (Å²) in [5.41, 5.74) is 4.16. The highest BCUT2D eigenvalue weighted by Gasteiger charge is 2.25. The first-order valence-corrected chi connectivity index (χ1v) is 11.3. The minimum absolute atomic E-state index is 0.417. The number of hydrogen-bond donors (Lipinski definition) is 1. The average Bonchev–Trinajstić information content (AvgIpc) is 2.80. The number of rotatable bonds is 6. The Hall–Kier alpha value is -3.09. The maximum absolute atomic E-state index is 10.4. The van der Waals surface area contributed by atoms with Crippen molar-refractivity contribution in [1.29, 1.82) is 0 Å². The van der Waals surface area contributed by atoms with Crippen molar-refractivity contribution in [2.24, 2.45) is 0 Å². The second-order valence-electron chi connectivity index (χ2n) is 8.84. The normalized spacial score (nSPS) is 16.7. The molecule has 0 unspecified atom stereocenters. The first-order chi connectivity index (χ1) is 15.7. The van der Waals surface area contributed by atoms with Crippen molar-refractivity contribution in [3.8, 4) is 0 Å². The lowest BCUT2D eigenvalue weighted by atomic mass is 9.96. The number of anilines is 2. The van der Waals surface area contributed by atoms with Crippen LogP contribution in [0, 0.1) is 6.92 Å². The van der Waals surface area contributed by atoms with E-state index < -0.39 is 5.60 Å². The van der Waals surface area contributed by atoms with Crippen LogP contribution in [0.3, 0.4) is 0 Å². The third-order valence-corrected chi connectivity index (χ3v) is 6.09. The van der Waals surface area contributed by atoms with Gasteiger partial charge in [-0.3, -0.25) is 4.98 Å². The Kier molecular flexibility index (Phi) is 6.58. The quantitative estimate of drug-likeness (QED) is 0.633. The zero-order chi connectivity index (χ0) is 23.6. The summed E-state index contributed by atoms with van der Waals surface area (Å²) in [5.74, 6) is 1.49. The molecular weight excluding hydrogens is 436 g/mol. The van der Waals surface area contributed by atoms with E-state index in [4.69, 9.17) is 16.3 Å². The van der Waals surface area contributed by atoms with Crippen LogP contribution in [0.4, 0.5) is 11.5 Å². The Morgan fingerprint density at radius 3 is 2.76 bits per heavy atom. The first kappa shape index (κ1) is 23.1. The number of pyridine rings is 2. The Balaban J connectivity index is 1.53. The minimum atomic E-state index is -0.882. The van der Waals surface area contributed by atoms with Crippen LogP contribution in [0.1, 0.15) is 31.9 Å². The van der Waals surface area contributed by atoms with Crippen LogP contribution in [0.15, 0.2) is 83.3 Å². The largest absolute Gasteiger partial charge is 0.487 e. The molecule has 4 rings (SSSR count). The monoisotopic (exact) mass is 464 g/mol. The molecule has 0 fully saturated rings. The van der Waals surface area contributed by atoms with Gasteiger partial charge in [0, 0.05) is 60.4 Å². The van der Waals surface area contributed by atoms with Gasteiger partial charge in [0.15, 0.2) is 0 Å². The highest BCUT2D eigenvalue weighted by Crippen LogP contribution is 2.34. The molecule has 0 radical (unpaired) electrons. The molecule has 0 amide bonds. The van der Waals surface area contributed by atoms with E-state index in [0.29, 0.717) is 30.5 Å². The van der Waals surface area contributed by atoms with Crippen molar-refractivity contribution in [3.63, 3.8) is 0 Å². The summed E-state index contributed by atoms with van der Waals surface area (Å²) in [6.45, 7) is 9.20. The molecular formula is C26H29ClN4O2. The van der Waals surface area contributed by atoms with E-state index in [1.54, 1.807) is 26.2 Å². The van der Waals surface area contributed by atoms with Crippen LogP contribution in [0.5, 0.6) is 0 Å². The van der Waals surface area contributed by atoms with Crippen LogP contribution in [0.2, 0.25) is 0 Å². The van der Waals surface area contributed by atoms with Gasteiger partial charge in [-0.1, -0.05) is 23.7 Å². The molecule has 0 saturated heterocycles. The van der Waals surface area contributed by atoms with Gasteiger partial charge in [0.1, 0.15) is 18.2 Å². The second kappa shape index (κ2) is 9.41. The van der Waals surface area contributed by atoms with Crippen molar-refractivity contribution in [3.05, 3.63) is 94.4 Å². The van der Waals surface area contributed by atoms with Gasteiger partial charge < -0.3 is 19.6 Å². The molecule has 0 bridgehead atoms. The molecule has 6 nitrogen and oxygen atoms in total. The summed E-state index contributed by atoms with van der Waals surface area (Å²) in [6, 6.07) is 5.93. The number of ether oxygens (including phenoxy) is 1. The van der Waals surface area contributed by atoms with Crippen LogP contribution in [-0.2, 0) is 11.3 Å². The fraction of sp³-hybridized carbons (Fsp3) is 0.308. The van der Waals surface area contributed by atoms with Crippen molar-refractivity contribution < 1.29 is 9.84 Å². The second-order valence-corrected chi connectivity index (χ2v) is 9.30. The van der Waals surface area contributed by atoms with Crippen LogP contribution in [0.25, 0.3) is 0 Å². The smallest absolute Gasteiger partial charge is 0.137 e. The number of hydrogen-bond acceptors (Lipinski definition) is 6. The van der Waals surface area contributed by atoms with Crippen molar-refractivity contribution in [1.82, 2.24) is 9.97 Å². The van der Waals surface area contributed by atoms with Gasteiger partial charge in [-0.2, -0.15) is 0 Å². The number of halogens is 1. The van der Waals surface area contributed by atoms with Crippen molar-refractivity contribution in [2.45, 2.75) is 39.9 Å². The molecule has 0 atom stereocenters. The molecule has 2 aliphatic rings. The number of allylic oxidation sites excluding steroid dienone is 4. The number of nitrogens with zero attached hydrogens (tertiary/aromatic N) is 4. The molecule has 2 aliphatic heterocycles. The van der Waals surface area contributed by atoms with Crippen LogP contribution in [-0.4, -0.2) is 33.8 Å². The van der Waals surface area contributed by atoms with E-state index in [2.05, 4.69) is 20.9 Å². The zero-order valence-electron chi connectivity index (χ0n) is 19.4. The molecule has 0 aromatic carbocycles. The van der Waals surface area contributed by atoms with E-state index in [0.717, 1.165) is 33.9 Å². The molecule has 172 valence electrons. The Bertz CT molecular complexity index is 1150. The highest BCUT2D eigenvalue weighted by molar-refractivity contribution is 6.30. The zero-order valence-corrected chi connectivity index (χ0v) is 20.2. The van der Waals surface area contributed by atoms with Crippen LogP contribution < -0.4 is 9.80 Å². The Morgan fingerprint density at radius 1 is 1.21 bits per heavy atom. The van der Waals surface area contributed by atoms with Gasteiger partial charge in [0.25, 0.3) is 0 Å². The average molecular weight is 465 g/mol. The third-order valence-electron chi connectivity index (χ3n) is 5.78. The van der Waals surface area contributed by atoms with Gasteiger partial charge in [-0.25, -0.2) is 4.98 Å². The standard InChI is InChI=1S/C26H29ClN4O2/c1-18-13-29-25(30-10-6-8-21(15-30)26(3,4)32)12-23(18)31-16-22(27)24(11-19(31)2)33-17-20-7-5-9-28-14-20/h5-14,32H,15-17H2,1-4H3. The first-order valence-electron chi connectivity index (χ1n) is 10.9. The van der Waals surface area contributed by atoms with Crippen molar-refractivity contribution >= 4 is 23.1 Å². The number of aliphatic hydroxyl groups is 1. The molecule has 0 spiro atoms. The summed E-state index contributed by atoms with van der Waals surface area (Å²) in [6.07, 6.45) is 13.3. The third kappa shape index (κ3) is 5.29. The summed E-state index contributed by atoms with van der Waals surface area (Å²) in [5, 5.41) is 11.1. The van der Waals surface area contributed by atoms with E-state index in [-0.39, 0.29) is 0 Å². The molecule has 2 aromatic heterocycles. The predicted molar refractivity (Wildman–Crippen MR) is 133 cm³/mol. The van der Waals surface area contributed by atoms with Gasteiger partial charge in [-0.05, 0) is 51.0 Å². The lowest BCUT2D eigenvalue weighted by molar-refractivity contribution is 0.118. The lowest BCUT2D eigenvalue weighted by Gasteiger charge is -2.33. The Labute approximate surface area is 200 Å². The predicted octanol–water partition coefficient (Wildman–Crippen LogP) is 5.21. The van der Waals surface area contributed by atoms with Crippen LogP contribution >= 0.6 is 11.6 Å². The molecule has 4 heterocycles. The molecule has 33 heavy (non-hydrogen) atoms. The fourth-order valence-electron chi connectivity index (χ4n) is 3.78. The van der Waals surface area contributed by atoms with E-state index in [1.807, 2.05) is 61.5 Å². The van der Waals surface area contributed by atoms with Crippen molar-refractivity contribution in [2.75, 3.05) is 22.9 Å². The fourth-order valence-corrected chi connectivity index (χ4v) is 4.01. The van der Waals surface area contributed by atoms with Gasteiger partial charge >= 0.3 is 0 Å². The Morgan fingerprint density at radius 2 is 2.03 bits per heavy atom. The molecule has 2 aromatic rings. The lowest BCUT2D eigenvalue weighted by Crippen LogP contribution is -2.33. The summed E-state index contributed by atoms with van der Waals surface area (Å²) < 4.78 is 5.97. The summed E-state index contributed by atoms with van der Waals surface area (Å²) >= 11 is 6.65. The van der Waals surface area contributed by atoms with E-state index in [9.17, 15) is 5.11 Å². The molecule has 0 saturated carbocycles. The molecule has 1 N–H and O–H groups in total. The highest BCUT2D eigenvalue weighted by atomic mass is 35.5.